The Hall–Kier alpha value is -3.69. The number of nitrogens with one attached hydrogen (secondary N) is 1. The van der Waals surface area contributed by atoms with Crippen LogP contribution in [-0.4, -0.2) is 28.5 Å². The van der Waals surface area contributed by atoms with Crippen molar-refractivity contribution in [1.82, 2.24) is 4.90 Å². The van der Waals surface area contributed by atoms with Gasteiger partial charge in [-0.25, -0.2) is 8.78 Å². The number of carbonyl (C=O) groups is 3. The van der Waals surface area contributed by atoms with Crippen molar-refractivity contribution in [3.8, 4) is 5.75 Å². The van der Waals surface area contributed by atoms with Crippen molar-refractivity contribution in [2.75, 3.05) is 11.9 Å². The van der Waals surface area contributed by atoms with Gasteiger partial charge in [0.2, 0.25) is 5.91 Å². The van der Waals surface area contributed by atoms with Gasteiger partial charge in [0.05, 0.1) is 9.93 Å². The maximum Gasteiger partial charge on any atom is 0.294 e. The molecule has 178 valence electrons. The van der Waals surface area contributed by atoms with Crippen molar-refractivity contribution in [1.29, 1.82) is 0 Å². The number of hydrogen-bond acceptors (Lipinski definition) is 5. The van der Waals surface area contributed by atoms with Crippen LogP contribution in [-0.2, 0) is 16.2 Å². The second-order valence-corrected chi connectivity index (χ2v) is 8.80. The van der Waals surface area contributed by atoms with E-state index in [1.807, 2.05) is 0 Å². The first-order valence-corrected chi connectivity index (χ1v) is 11.5. The van der Waals surface area contributed by atoms with E-state index in [0.29, 0.717) is 23.1 Å². The summed E-state index contributed by atoms with van der Waals surface area (Å²) in [6.45, 7) is -0.333. The quantitative estimate of drug-likeness (QED) is 0.399. The second kappa shape index (κ2) is 10.7. The molecule has 1 fully saturated rings. The van der Waals surface area contributed by atoms with Gasteiger partial charge < -0.3 is 10.1 Å². The highest BCUT2D eigenvalue weighted by atomic mass is 35.5. The maximum absolute atomic E-state index is 13.3. The summed E-state index contributed by atoms with van der Waals surface area (Å²) in [6.07, 6.45) is 1.52. The SMILES string of the molecule is O=C(CN1C(=O)S/C(=C\c2ccccc2OCc2ccc(F)cc2)C1=O)Nc1ccc(F)c(Cl)c1. The Kier molecular flexibility index (Phi) is 7.48. The van der Waals surface area contributed by atoms with Gasteiger partial charge in [-0.3, -0.25) is 19.3 Å². The summed E-state index contributed by atoms with van der Waals surface area (Å²) in [7, 11) is 0. The molecule has 0 bridgehead atoms. The van der Waals surface area contributed by atoms with Crippen molar-refractivity contribution in [3.05, 3.63) is 99.4 Å². The monoisotopic (exact) mass is 514 g/mol. The highest BCUT2D eigenvalue weighted by Crippen LogP contribution is 2.34. The van der Waals surface area contributed by atoms with Gasteiger partial charge >= 0.3 is 0 Å². The Balaban J connectivity index is 1.44. The molecule has 10 heteroatoms. The number of hydrogen-bond donors (Lipinski definition) is 1. The molecule has 1 N–H and O–H groups in total. The molecule has 0 aliphatic carbocycles. The third-order valence-electron chi connectivity index (χ3n) is 4.89. The Morgan fingerprint density at radius 2 is 1.80 bits per heavy atom. The molecule has 3 aromatic carbocycles. The van der Waals surface area contributed by atoms with Crippen LogP contribution in [0.4, 0.5) is 19.3 Å². The minimum atomic E-state index is -0.640. The number of amides is 3. The molecule has 35 heavy (non-hydrogen) atoms. The number of carbonyl (C=O) groups excluding carboxylic acids is 3. The molecule has 6 nitrogen and oxygen atoms in total. The van der Waals surface area contributed by atoms with Gasteiger partial charge in [-0.15, -0.1) is 0 Å². The standard InChI is InChI=1S/C25H17ClF2N2O4S/c26-19-12-18(9-10-20(19)28)29-23(31)13-30-24(32)22(35-25(30)33)11-16-3-1-2-4-21(16)34-14-15-5-7-17(27)8-6-15/h1-12H,13-14H2,(H,29,31)/b22-11-. The predicted molar refractivity (Wildman–Crippen MR) is 130 cm³/mol. The Morgan fingerprint density at radius 3 is 2.54 bits per heavy atom. The van der Waals surface area contributed by atoms with Gasteiger partial charge in [0.15, 0.2) is 0 Å². The first-order valence-electron chi connectivity index (χ1n) is 10.3. The summed E-state index contributed by atoms with van der Waals surface area (Å²) < 4.78 is 32.2. The third kappa shape index (κ3) is 6.06. The van der Waals surface area contributed by atoms with Crippen LogP contribution < -0.4 is 10.1 Å². The molecule has 0 saturated carbocycles. The number of ether oxygens (including phenoxy) is 1. The minimum Gasteiger partial charge on any atom is -0.488 e. The van der Waals surface area contributed by atoms with Gasteiger partial charge in [-0.05, 0) is 59.8 Å². The van der Waals surface area contributed by atoms with Crippen molar-refractivity contribution in [2.24, 2.45) is 0 Å². The fraction of sp³-hybridized carbons (Fsp3) is 0.0800. The van der Waals surface area contributed by atoms with E-state index >= 15 is 0 Å². The van der Waals surface area contributed by atoms with Crippen LogP contribution in [0.15, 0.2) is 71.6 Å². The highest BCUT2D eigenvalue weighted by Gasteiger charge is 2.36. The average molecular weight is 515 g/mol. The summed E-state index contributed by atoms with van der Waals surface area (Å²) in [6, 6.07) is 16.5. The molecule has 0 aromatic heterocycles. The first-order chi connectivity index (χ1) is 16.8. The van der Waals surface area contributed by atoms with Gasteiger partial charge in [0.25, 0.3) is 11.1 Å². The summed E-state index contributed by atoms with van der Waals surface area (Å²) >= 11 is 6.41. The molecule has 1 saturated heterocycles. The van der Waals surface area contributed by atoms with Crippen LogP contribution in [0.25, 0.3) is 6.08 Å². The van der Waals surface area contributed by atoms with Crippen LogP contribution in [0, 0.1) is 11.6 Å². The fourth-order valence-electron chi connectivity index (χ4n) is 3.17. The molecule has 1 aliphatic rings. The topological polar surface area (TPSA) is 75.7 Å². The van der Waals surface area contributed by atoms with E-state index in [2.05, 4.69) is 5.32 Å². The van der Waals surface area contributed by atoms with Crippen LogP contribution in [0.1, 0.15) is 11.1 Å². The predicted octanol–water partition coefficient (Wildman–Crippen LogP) is 5.87. The van der Waals surface area contributed by atoms with E-state index < -0.39 is 29.4 Å². The van der Waals surface area contributed by atoms with Crippen LogP contribution in [0.3, 0.4) is 0 Å². The van der Waals surface area contributed by atoms with Gasteiger partial charge in [0.1, 0.15) is 30.5 Å². The lowest BCUT2D eigenvalue weighted by Gasteiger charge is -2.13. The van der Waals surface area contributed by atoms with E-state index in [1.165, 1.54) is 30.3 Å². The molecule has 0 spiro atoms. The molecular formula is C25H17ClF2N2O4S. The summed E-state index contributed by atoms with van der Waals surface area (Å²) in [5.74, 6) is -1.78. The maximum atomic E-state index is 13.3. The normalized spacial score (nSPS) is 14.5. The summed E-state index contributed by atoms with van der Waals surface area (Å²) in [5.41, 5.74) is 1.55. The smallest absolute Gasteiger partial charge is 0.294 e. The highest BCUT2D eigenvalue weighted by molar-refractivity contribution is 8.18. The number of anilines is 1. The van der Waals surface area contributed by atoms with Crippen molar-refractivity contribution >= 4 is 52.2 Å². The average Bonchev–Trinajstić information content (AvgIpc) is 3.09. The summed E-state index contributed by atoms with van der Waals surface area (Å²) in [5, 5.41) is 1.71. The molecule has 4 rings (SSSR count). The van der Waals surface area contributed by atoms with Crippen molar-refractivity contribution in [2.45, 2.75) is 6.61 Å². The number of benzene rings is 3. The number of thioether (sulfide) groups is 1. The lowest BCUT2D eigenvalue weighted by Crippen LogP contribution is -2.36. The molecule has 3 amide bonds. The number of halogens is 3. The van der Waals surface area contributed by atoms with Gasteiger partial charge in [-0.2, -0.15) is 0 Å². The number of imide groups is 1. The number of rotatable bonds is 7. The molecule has 0 atom stereocenters. The Labute approximate surface area is 208 Å². The van der Waals surface area contributed by atoms with E-state index in [-0.39, 0.29) is 28.0 Å². The van der Waals surface area contributed by atoms with E-state index in [4.69, 9.17) is 16.3 Å². The second-order valence-electron chi connectivity index (χ2n) is 7.40. The molecule has 3 aromatic rings. The molecule has 0 unspecified atom stereocenters. The molecule has 1 aliphatic heterocycles. The third-order valence-corrected chi connectivity index (χ3v) is 6.09. The van der Waals surface area contributed by atoms with Crippen molar-refractivity contribution < 1.29 is 27.9 Å². The van der Waals surface area contributed by atoms with Crippen molar-refractivity contribution in [3.63, 3.8) is 0 Å². The van der Waals surface area contributed by atoms with Crippen LogP contribution >= 0.6 is 23.4 Å². The lowest BCUT2D eigenvalue weighted by molar-refractivity contribution is -0.127. The van der Waals surface area contributed by atoms with E-state index in [1.54, 1.807) is 36.4 Å². The van der Waals surface area contributed by atoms with Gasteiger partial charge in [-0.1, -0.05) is 41.9 Å². The largest absolute Gasteiger partial charge is 0.488 e. The van der Waals surface area contributed by atoms with E-state index in [0.717, 1.165) is 16.5 Å². The first kappa shape index (κ1) is 24.4. The summed E-state index contributed by atoms with van der Waals surface area (Å²) in [4.78, 5) is 38.5. The molecular weight excluding hydrogens is 498 g/mol. The zero-order chi connectivity index (χ0) is 24.9. The zero-order valence-corrected chi connectivity index (χ0v) is 19.5. The van der Waals surface area contributed by atoms with Crippen LogP contribution in [0.2, 0.25) is 5.02 Å². The fourth-order valence-corrected chi connectivity index (χ4v) is 4.18. The zero-order valence-electron chi connectivity index (χ0n) is 18.0. The molecule has 1 heterocycles. The minimum absolute atomic E-state index is 0.130. The van der Waals surface area contributed by atoms with Gasteiger partial charge in [0, 0.05) is 11.3 Å². The lowest BCUT2D eigenvalue weighted by atomic mass is 10.1. The molecule has 0 radical (unpaired) electrons. The Morgan fingerprint density at radius 1 is 1.06 bits per heavy atom. The van der Waals surface area contributed by atoms with E-state index in [9.17, 15) is 23.2 Å². The van der Waals surface area contributed by atoms with Crippen LogP contribution in [0.5, 0.6) is 5.75 Å². The number of para-hydroxylation sites is 1. The Bertz CT molecular complexity index is 1330. The number of nitrogens with zero attached hydrogens (tertiary/aromatic N) is 1.